The van der Waals surface area contributed by atoms with Crippen molar-refractivity contribution in [2.75, 3.05) is 31.1 Å². The molecule has 0 aromatic carbocycles. The summed E-state index contributed by atoms with van der Waals surface area (Å²) < 4.78 is 22.5. The van der Waals surface area contributed by atoms with Crippen LogP contribution < -0.4 is 0 Å². The third-order valence-electron chi connectivity index (χ3n) is 3.60. The first-order valence-corrected chi connectivity index (χ1v) is 7.84. The Morgan fingerprint density at radius 2 is 1.88 bits per heavy atom. The number of nitrogens with zero attached hydrogens (tertiary/aromatic N) is 1. The molecule has 2 fully saturated rings. The molecule has 5 heteroatoms. The van der Waals surface area contributed by atoms with Gasteiger partial charge in [0.1, 0.15) is 5.78 Å². The molecule has 0 N–H and O–H groups in total. The zero-order chi connectivity index (χ0) is 11.6. The van der Waals surface area contributed by atoms with Gasteiger partial charge in [0.15, 0.2) is 9.84 Å². The van der Waals surface area contributed by atoms with E-state index in [0.29, 0.717) is 18.9 Å². The Hall–Kier alpha value is -0.420. The number of carbonyl (C=O) groups excluding carboxylic acids is 1. The Bertz CT molecular complexity index is 349. The minimum Gasteiger partial charge on any atom is -0.301 e. The third kappa shape index (κ3) is 3.04. The van der Waals surface area contributed by atoms with Crippen LogP contribution in [0.5, 0.6) is 0 Å². The van der Waals surface area contributed by atoms with Gasteiger partial charge in [-0.3, -0.25) is 4.79 Å². The highest BCUT2D eigenvalue weighted by Crippen LogP contribution is 2.22. The molecule has 92 valence electrons. The first kappa shape index (κ1) is 12.0. The molecule has 1 atom stereocenters. The molecule has 1 unspecified atom stereocenters. The number of hydrogen-bond acceptors (Lipinski definition) is 4. The second-order valence-electron chi connectivity index (χ2n) is 4.86. The van der Waals surface area contributed by atoms with E-state index >= 15 is 0 Å². The predicted octanol–water partition coefficient (Wildman–Crippen LogP) is 0.476. The van der Waals surface area contributed by atoms with Gasteiger partial charge in [-0.25, -0.2) is 8.42 Å². The van der Waals surface area contributed by atoms with Gasteiger partial charge in [-0.1, -0.05) is 6.42 Å². The highest BCUT2D eigenvalue weighted by Gasteiger charge is 2.27. The minimum atomic E-state index is -2.80. The van der Waals surface area contributed by atoms with Crippen LogP contribution in [-0.4, -0.2) is 50.2 Å². The zero-order valence-electron chi connectivity index (χ0n) is 9.52. The molecule has 1 heterocycles. The van der Waals surface area contributed by atoms with Crippen molar-refractivity contribution in [2.45, 2.75) is 25.7 Å². The van der Waals surface area contributed by atoms with Crippen molar-refractivity contribution >= 4 is 15.6 Å². The lowest BCUT2D eigenvalue weighted by Crippen LogP contribution is -2.44. The van der Waals surface area contributed by atoms with E-state index in [1.165, 1.54) is 0 Å². The molecule has 4 nitrogen and oxygen atoms in total. The van der Waals surface area contributed by atoms with Crippen LogP contribution in [0.1, 0.15) is 25.7 Å². The summed E-state index contributed by atoms with van der Waals surface area (Å²) in [6.45, 7) is 1.98. The summed E-state index contributed by atoms with van der Waals surface area (Å²) in [5, 5.41) is 0. The number of Topliss-reactive ketones (excluding diaryl/α,β-unsaturated/α-hetero) is 1. The first-order chi connectivity index (χ1) is 7.57. The van der Waals surface area contributed by atoms with Crippen LogP contribution in [0.4, 0.5) is 0 Å². The van der Waals surface area contributed by atoms with E-state index < -0.39 is 9.84 Å². The Balaban J connectivity index is 1.84. The van der Waals surface area contributed by atoms with Gasteiger partial charge in [-0.05, 0) is 12.8 Å². The van der Waals surface area contributed by atoms with Gasteiger partial charge in [0, 0.05) is 32.0 Å². The molecule has 0 aromatic heterocycles. The van der Waals surface area contributed by atoms with E-state index in [0.717, 1.165) is 32.2 Å². The van der Waals surface area contributed by atoms with Crippen LogP contribution in [0.15, 0.2) is 0 Å². The van der Waals surface area contributed by atoms with Gasteiger partial charge in [-0.15, -0.1) is 0 Å². The smallest absolute Gasteiger partial charge is 0.152 e. The number of hydrogen-bond donors (Lipinski definition) is 0. The lowest BCUT2D eigenvalue weighted by Gasteiger charge is -2.31. The molecule has 1 aliphatic carbocycles. The molecular weight excluding hydrogens is 226 g/mol. The fraction of sp³-hybridized carbons (Fsp3) is 0.909. The second kappa shape index (κ2) is 4.84. The van der Waals surface area contributed by atoms with Crippen LogP contribution >= 0.6 is 0 Å². The maximum atomic E-state index is 11.7. The fourth-order valence-corrected chi connectivity index (χ4v) is 3.77. The summed E-state index contributed by atoms with van der Waals surface area (Å²) >= 11 is 0. The van der Waals surface area contributed by atoms with E-state index in [2.05, 4.69) is 4.90 Å². The predicted molar refractivity (Wildman–Crippen MR) is 62.1 cm³/mol. The van der Waals surface area contributed by atoms with Gasteiger partial charge < -0.3 is 4.90 Å². The summed E-state index contributed by atoms with van der Waals surface area (Å²) in [5.74, 6) is 1.05. The molecule has 0 aromatic rings. The van der Waals surface area contributed by atoms with Crippen LogP contribution in [-0.2, 0) is 14.6 Å². The zero-order valence-corrected chi connectivity index (χ0v) is 10.3. The normalized spacial score (nSPS) is 31.5. The summed E-state index contributed by atoms with van der Waals surface area (Å²) in [4.78, 5) is 13.8. The number of sulfone groups is 1. The molecule has 2 aliphatic rings. The Kier molecular flexibility index (Phi) is 3.64. The second-order valence-corrected chi connectivity index (χ2v) is 7.17. The number of carbonyl (C=O) groups is 1. The van der Waals surface area contributed by atoms with Crippen molar-refractivity contribution in [3.8, 4) is 0 Å². The van der Waals surface area contributed by atoms with Gasteiger partial charge in [0.25, 0.3) is 0 Å². The maximum Gasteiger partial charge on any atom is 0.152 e. The summed E-state index contributed by atoms with van der Waals surface area (Å²) in [7, 11) is -2.80. The van der Waals surface area contributed by atoms with Gasteiger partial charge in [0.05, 0.1) is 11.5 Å². The van der Waals surface area contributed by atoms with Crippen molar-refractivity contribution < 1.29 is 13.2 Å². The molecule has 0 radical (unpaired) electrons. The van der Waals surface area contributed by atoms with Crippen LogP contribution in [0.2, 0.25) is 0 Å². The molecule has 16 heavy (non-hydrogen) atoms. The van der Waals surface area contributed by atoms with Gasteiger partial charge in [0.2, 0.25) is 0 Å². The van der Waals surface area contributed by atoms with Crippen LogP contribution in [0.3, 0.4) is 0 Å². The highest BCUT2D eigenvalue weighted by atomic mass is 32.2. The molecule has 0 bridgehead atoms. The van der Waals surface area contributed by atoms with E-state index in [9.17, 15) is 13.2 Å². The van der Waals surface area contributed by atoms with Crippen molar-refractivity contribution in [1.82, 2.24) is 4.90 Å². The molecule has 0 amide bonds. The fourth-order valence-electron chi connectivity index (χ4n) is 2.49. The SMILES string of the molecule is O=C1CCCCC1CN1CCS(=O)(=O)CC1. The van der Waals surface area contributed by atoms with Crippen molar-refractivity contribution in [3.63, 3.8) is 0 Å². The highest BCUT2D eigenvalue weighted by molar-refractivity contribution is 7.91. The summed E-state index contributed by atoms with van der Waals surface area (Å²) in [6.07, 6.45) is 3.88. The van der Waals surface area contributed by atoms with E-state index in [1.54, 1.807) is 0 Å². The quantitative estimate of drug-likeness (QED) is 0.710. The molecular formula is C11H19NO3S. The van der Waals surface area contributed by atoms with E-state index in [4.69, 9.17) is 0 Å². The average molecular weight is 245 g/mol. The van der Waals surface area contributed by atoms with E-state index in [-0.39, 0.29) is 17.4 Å². The molecule has 0 spiro atoms. The van der Waals surface area contributed by atoms with Gasteiger partial charge >= 0.3 is 0 Å². The van der Waals surface area contributed by atoms with Gasteiger partial charge in [-0.2, -0.15) is 0 Å². The monoisotopic (exact) mass is 245 g/mol. The van der Waals surface area contributed by atoms with Crippen LogP contribution in [0, 0.1) is 5.92 Å². The number of rotatable bonds is 2. The third-order valence-corrected chi connectivity index (χ3v) is 5.21. The van der Waals surface area contributed by atoms with Crippen LogP contribution in [0.25, 0.3) is 0 Å². The number of ketones is 1. The van der Waals surface area contributed by atoms with Crippen molar-refractivity contribution in [1.29, 1.82) is 0 Å². The average Bonchev–Trinajstić information content (AvgIpc) is 2.24. The lowest BCUT2D eigenvalue weighted by molar-refractivity contribution is -0.125. The molecule has 1 saturated heterocycles. The Morgan fingerprint density at radius 3 is 2.50 bits per heavy atom. The summed E-state index contributed by atoms with van der Waals surface area (Å²) in [5.41, 5.74) is 0. The van der Waals surface area contributed by atoms with Crippen molar-refractivity contribution in [2.24, 2.45) is 5.92 Å². The summed E-state index contributed by atoms with van der Waals surface area (Å²) in [6, 6.07) is 0. The molecule has 1 saturated carbocycles. The Labute approximate surface area is 96.9 Å². The lowest BCUT2D eigenvalue weighted by atomic mass is 9.87. The van der Waals surface area contributed by atoms with Crippen molar-refractivity contribution in [3.05, 3.63) is 0 Å². The topological polar surface area (TPSA) is 54.5 Å². The maximum absolute atomic E-state index is 11.7. The minimum absolute atomic E-state index is 0.162. The largest absolute Gasteiger partial charge is 0.301 e. The molecule has 2 rings (SSSR count). The van der Waals surface area contributed by atoms with E-state index in [1.807, 2.05) is 0 Å². The standard InChI is InChI=1S/C11H19NO3S/c13-11-4-2-1-3-10(11)9-12-5-7-16(14,15)8-6-12/h10H,1-9H2. The Morgan fingerprint density at radius 1 is 1.19 bits per heavy atom. The molecule has 1 aliphatic heterocycles. The first-order valence-electron chi connectivity index (χ1n) is 6.02.